The third-order valence-corrected chi connectivity index (χ3v) is 6.01. The zero-order valence-electron chi connectivity index (χ0n) is 20.2. The first-order chi connectivity index (χ1) is 16.9. The van der Waals surface area contributed by atoms with Crippen LogP contribution in [0.25, 0.3) is 33.9 Å². The van der Waals surface area contributed by atoms with Crippen molar-refractivity contribution >= 4 is 16.8 Å². The maximum atomic E-state index is 13.7. The van der Waals surface area contributed by atoms with Gasteiger partial charge in [0.25, 0.3) is 5.91 Å². The highest BCUT2D eigenvalue weighted by Gasteiger charge is 2.22. The van der Waals surface area contributed by atoms with Crippen LogP contribution in [-0.2, 0) is 20.1 Å². The summed E-state index contributed by atoms with van der Waals surface area (Å²) in [4.78, 5) is 28.8. The van der Waals surface area contributed by atoms with Gasteiger partial charge >= 0.3 is 0 Å². The van der Waals surface area contributed by atoms with Gasteiger partial charge in [0.2, 0.25) is 12.2 Å². The number of nitrogens with zero attached hydrogens (tertiary/aromatic N) is 9. The van der Waals surface area contributed by atoms with Gasteiger partial charge in [-0.2, -0.15) is 15.2 Å². The highest BCUT2D eigenvalue weighted by atomic mass is 16.5. The molecule has 11 nitrogen and oxygen atoms in total. The number of fused-ring (bicyclic) bond motifs is 1. The summed E-state index contributed by atoms with van der Waals surface area (Å²) in [6, 6.07) is 7.57. The first-order valence-electron chi connectivity index (χ1n) is 11.2. The van der Waals surface area contributed by atoms with Crippen molar-refractivity contribution in [3.63, 3.8) is 0 Å². The van der Waals surface area contributed by atoms with E-state index in [0.717, 1.165) is 23.4 Å². The predicted molar refractivity (Wildman–Crippen MR) is 128 cm³/mol. The fourth-order valence-electron chi connectivity index (χ4n) is 4.06. The molecule has 0 spiro atoms. The van der Waals surface area contributed by atoms with Crippen LogP contribution in [0.15, 0.2) is 41.4 Å². The summed E-state index contributed by atoms with van der Waals surface area (Å²) in [5.41, 5.74) is 5.19. The van der Waals surface area contributed by atoms with Crippen molar-refractivity contribution < 1.29 is 9.32 Å². The lowest BCUT2D eigenvalue weighted by molar-refractivity contribution is 0.0781. The fraction of sp³-hybridized carbons (Fsp3) is 0.292. The molecule has 0 aliphatic rings. The first kappa shape index (κ1) is 22.4. The van der Waals surface area contributed by atoms with Crippen LogP contribution in [0.1, 0.15) is 34.2 Å². The van der Waals surface area contributed by atoms with Crippen molar-refractivity contribution in [1.29, 1.82) is 0 Å². The van der Waals surface area contributed by atoms with E-state index in [4.69, 9.17) is 14.5 Å². The number of hydrogen-bond acceptors (Lipinski definition) is 8. The number of aryl methyl sites for hydroxylation is 3. The molecule has 4 heterocycles. The molecule has 5 aromatic rings. The Morgan fingerprint density at radius 2 is 1.97 bits per heavy atom. The maximum absolute atomic E-state index is 13.7. The van der Waals surface area contributed by atoms with Gasteiger partial charge in [-0.3, -0.25) is 14.2 Å². The SMILES string of the molecule is CCn1ncc(CN(C)C(=O)c2nc(-c3cc(-c4ncon4)n(C)n3)nc3ccc(C)cc23)c1C. The Morgan fingerprint density at radius 1 is 1.14 bits per heavy atom. The molecule has 0 saturated carbocycles. The van der Waals surface area contributed by atoms with E-state index >= 15 is 0 Å². The molecule has 0 aliphatic heterocycles. The van der Waals surface area contributed by atoms with E-state index in [1.165, 1.54) is 6.39 Å². The summed E-state index contributed by atoms with van der Waals surface area (Å²) in [5.74, 6) is 0.544. The van der Waals surface area contributed by atoms with Gasteiger partial charge in [-0.1, -0.05) is 16.8 Å². The number of aromatic nitrogens is 8. The van der Waals surface area contributed by atoms with E-state index in [1.54, 1.807) is 29.7 Å². The summed E-state index contributed by atoms with van der Waals surface area (Å²) in [5, 5.41) is 13.5. The van der Waals surface area contributed by atoms with E-state index in [0.29, 0.717) is 46.2 Å². The van der Waals surface area contributed by atoms with Crippen molar-refractivity contribution in [2.24, 2.45) is 7.05 Å². The van der Waals surface area contributed by atoms with Gasteiger partial charge in [-0.25, -0.2) is 9.97 Å². The quantitative estimate of drug-likeness (QED) is 0.370. The summed E-state index contributed by atoms with van der Waals surface area (Å²) < 4.78 is 8.40. The fourth-order valence-corrected chi connectivity index (χ4v) is 4.06. The normalized spacial score (nSPS) is 11.3. The second-order valence-corrected chi connectivity index (χ2v) is 8.44. The Hall–Kier alpha value is -4.41. The van der Waals surface area contributed by atoms with Crippen LogP contribution in [0, 0.1) is 13.8 Å². The largest absolute Gasteiger partial charge is 0.342 e. The number of benzene rings is 1. The summed E-state index contributed by atoms with van der Waals surface area (Å²) in [6.07, 6.45) is 3.07. The maximum Gasteiger partial charge on any atom is 0.273 e. The average molecular weight is 472 g/mol. The first-order valence-corrected chi connectivity index (χ1v) is 11.2. The number of carbonyl (C=O) groups is 1. The molecule has 0 atom stereocenters. The van der Waals surface area contributed by atoms with Crippen LogP contribution in [0.4, 0.5) is 0 Å². The van der Waals surface area contributed by atoms with Crippen LogP contribution in [0.5, 0.6) is 0 Å². The molecular weight excluding hydrogens is 446 g/mol. The molecule has 0 unspecified atom stereocenters. The van der Waals surface area contributed by atoms with E-state index in [9.17, 15) is 4.79 Å². The molecule has 4 aromatic heterocycles. The van der Waals surface area contributed by atoms with E-state index < -0.39 is 0 Å². The molecule has 0 radical (unpaired) electrons. The highest BCUT2D eigenvalue weighted by Crippen LogP contribution is 2.26. The predicted octanol–water partition coefficient (Wildman–Crippen LogP) is 3.19. The lowest BCUT2D eigenvalue weighted by Gasteiger charge is -2.18. The van der Waals surface area contributed by atoms with Gasteiger partial charge in [0.15, 0.2) is 5.82 Å². The molecule has 5 rings (SSSR count). The van der Waals surface area contributed by atoms with Gasteiger partial charge in [0, 0.05) is 43.8 Å². The minimum Gasteiger partial charge on any atom is -0.342 e. The van der Waals surface area contributed by atoms with Crippen molar-refractivity contribution in [3.05, 3.63) is 59.4 Å². The minimum atomic E-state index is -0.206. The van der Waals surface area contributed by atoms with Crippen LogP contribution in [-0.4, -0.2) is 57.5 Å². The lowest BCUT2D eigenvalue weighted by Crippen LogP contribution is -2.28. The molecule has 0 N–H and O–H groups in total. The molecule has 35 heavy (non-hydrogen) atoms. The molecule has 0 fully saturated rings. The third kappa shape index (κ3) is 4.05. The molecule has 0 bridgehead atoms. The zero-order valence-corrected chi connectivity index (χ0v) is 20.2. The molecule has 11 heteroatoms. The van der Waals surface area contributed by atoms with Gasteiger partial charge in [-0.15, -0.1) is 0 Å². The molecule has 0 aliphatic carbocycles. The number of rotatable bonds is 6. The smallest absolute Gasteiger partial charge is 0.273 e. The number of carbonyl (C=O) groups excluding carboxylic acids is 1. The number of hydrogen-bond donors (Lipinski definition) is 0. The molecule has 1 amide bonds. The molecule has 178 valence electrons. The summed E-state index contributed by atoms with van der Waals surface area (Å²) in [6.45, 7) is 7.22. The zero-order chi connectivity index (χ0) is 24.7. The number of amides is 1. The van der Waals surface area contributed by atoms with Crippen molar-refractivity contribution in [3.8, 4) is 23.0 Å². The Morgan fingerprint density at radius 3 is 2.69 bits per heavy atom. The van der Waals surface area contributed by atoms with Gasteiger partial charge in [-0.05, 0) is 39.0 Å². The van der Waals surface area contributed by atoms with Crippen LogP contribution >= 0.6 is 0 Å². The Labute approximate surface area is 201 Å². The molecule has 1 aromatic carbocycles. The highest BCUT2D eigenvalue weighted by molar-refractivity contribution is 6.05. The van der Waals surface area contributed by atoms with Crippen molar-refractivity contribution in [2.75, 3.05) is 7.05 Å². The van der Waals surface area contributed by atoms with Crippen LogP contribution in [0.3, 0.4) is 0 Å². The van der Waals surface area contributed by atoms with Crippen molar-refractivity contribution in [1.82, 2.24) is 44.6 Å². The van der Waals surface area contributed by atoms with Gasteiger partial charge < -0.3 is 9.42 Å². The molecular formula is C24H25N9O2. The third-order valence-electron chi connectivity index (χ3n) is 6.01. The topological polar surface area (TPSA) is 121 Å². The van der Waals surface area contributed by atoms with E-state index in [1.807, 2.05) is 49.8 Å². The average Bonchev–Trinajstić information content (AvgIpc) is 3.59. The van der Waals surface area contributed by atoms with Gasteiger partial charge in [0.05, 0.1) is 11.7 Å². The van der Waals surface area contributed by atoms with E-state index in [2.05, 4.69) is 20.3 Å². The molecule has 0 saturated heterocycles. The van der Waals surface area contributed by atoms with Crippen LogP contribution in [0.2, 0.25) is 0 Å². The second-order valence-electron chi connectivity index (χ2n) is 8.44. The van der Waals surface area contributed by atoms with Gasteiger partial charge in [0.1, 0.15) is 17.1 Å². The second kappa shape index (κ2) is 8.75. The standard InChI is InChI=1S/C24H25N9O2/c1-6-33-15(3)16(11-26-33)12-31(4)24(34)21-17-9-14(2)7-8-18(17)27-22(28-21)19-10-20(32(5)29-19)23-25-13-35-30-23/h7-11,13H,6,12H2,1-5H3. The summed E-state index contributed by atoms with van der Waals surface area (Å²) in [7, 11) is 3.54. The Bertz CT molecular complexity index is 1530. The Balaban J connectivity index is 1.57. The monoisotopic (exact) mass is 471 g/mol. The van der Waals surface area contributed by atoms with Crippen LogP contribution < -0.4 is 0 Å². The van der Waals surface area contributed by atoms with Crippen molar-refractivity contribution in [2.45, 2.75) is 33.9 Å². The lowest BCUT2D eigenvalue weighted by atomic mass is 10.1. The Kier molecular flexibility index (Phi) is 5.59. The minimum absolute atomic E-state index is 0.206. The summed E-state index contributed by atoms with van der Waals surface area (Å²) >= 11 is 0. The van der Waals surface area contributed by atoms with E-state index in [-0.39, 0.29) is 5.91 Å².